The molecule has 0 saturated carbocycles. The van der Waals surface area contributed by atoms with E-state index in [4.69, 9.17) is 0 Å². The predicted molar refractivity (Wildman–Crippen MR) is 56.7 cm³/mol. The Morgan fingerprint density at radius 2 is 2.12 bits per heavy atom. The van der Waals surface area contributed by atoms with Gasteiger partial charge in [0.2, 0.25) is 5.91 Å². The number of nitrogens with one attached hydrogen (secondary N) is 1. The number of carbonyl (C=O) groups excluding carboxylic acids is 2. The fourth-order valence-electron chi connectivity index (χ4n) is 1.14. The van der Waals surface area contributed by atoms with E-state index < -0.39 is 11.8 Å². The molecule has 16 heavy (non-hydrogen) atoms. The lowest BCUT2D eigenvalue weighted by Gasteiger charge is -2.08. The van der Waals surface area contributed by atoms with E-state index in [0.717, 1.165) is 12.1 Å². The predicted octanol–water partition coefficient (Wildman–Crippen LogP) is 1.96. The van der Waals surface area contributed by atoms with Gasteiger partial charge in [0.1, 0.15) is 5.82 Å². The Morgan fingerprint density at radius 1 is 1.44 bits per heavy atom. The molecule has 0 fully saturated rings. The monoisotopic (exact) mass is 225 g/mol. The van der Waals surface area contributed by atoms with Gasteiger partial charge in [-0.15, -0.1) is 0 Å². The van der Waals surface area contributed by atoms with Crippen LogP contribution in [0, 0.1) is 5.82 Å². The zero-order valence-electron chi connectivity index (χ0n) is 9.04. The minimum absolute atomic E-state index is 0.00398. The maximum atomic E-state index is 12.9. The van der Waals surface area contributed by atoms with Crippen molar-refractivity contribution in [2.75, 3.05) is 12.4 Å². The van der Waals surface area contributed by atoms with Crippen LogP contribution >= 0.6 is 0 Å². The molecule has 0 spiro atoms. The van der Waals surface area contributed by atoms with Crippen molar-refractivity contribution in [2.45, 2.75) is 13.3 Å². The summed E-state index contributed by atoms with van der Waals surface area (Å²) in [6.45, 7) is 1.68. The molecule has 0 aromatic heterocycles. The number of anilines is 1. The largest absolute Gasteiger partial charge is 0.465 e. The minimum Gasteiger partial charge on any atom is -0.465 e. The first kappa shape index (κ1) is 12.2. The van der Waals surface area contributed by atoms with Crippen molar-refractivity contribution in [3.8, 4) is 0 Å². The topological polar surface area (TPSA) is 55.4 Å². The van der Waals surface area contributed by atoms with Gasteiger partial charge in [0.25, 0.3) is 0 Å². The Labute approximate surface area is 92.4 Å². The fraction of sp³-hybridized carbons (Fsp3) is 0.273. The van der Waals surface area contributed by atoms with E-state index in [-0.39, 0.29) is 23.6 Å². The molecule has 0 unspecified atom stereocenters. The molecular weight excluding hydrogens is 213 g/mol. The van der Waals surface area contributed by atoms with E-state index >= 15 is 0 Å². The van der Waals surface area contributed by atoms with Crippen LogP contribution in [0.1, 0.15) is 23.7 Å². The third-order valence-corrected chi connectivity index (χ3v) is 1.98. The van der Waals surface area contributed by atoms with Crippen LogP contribution < -0.4 is 5.32 Å². The van der Waals surface area contributed by atoms with E-state index in [0.29, 0.717) is 0 Å². The van der Waals surface area contributed by atoms with Crippen molar-refractivity contribution in [3.63, 3.8) is 0 Å². The second kappa shape index (κ2) is 5.25. The Hall–Kier alpha value is -1.91. The highest BCUT2D eigenvalue weighted by Crippen LogP contribution is 2.18. The summed E-state index contributed by atoms with van der Waals surface area (Å²) in [6.07, 6.45) is 0.276. The summed E-state index contributed by atoms with van der Waals surface area (Å²) in [5.41, 5.74) is 0.254. The molecule has 1 aromatic carbocycles. The molecular formula is C11H12FNO3. The smallest absolute Gasteiger partial charge is 0.340 e. The van der Waals surface area contributed by atoms with Crippen molar-refractivity contribution >= 4 is 17.6 Å². The van der Waals surface area contributed by atoms with Gasteiger partial charge >= 0.3 is 5.97 Å². The maximum Gasteiger partial charge on any atom is 0.340 e. The first-order valence-electron chi connectivity index (χ1n) is 4.76. The highest BCUT2D eigenvalue weighted by Gasteiger charge is 2.14. The van der Waals surface area contributed by atoms with Crippen LogP contribution in [-0.2, 0) is 9.53 Å². The summed E-state index contributed by atoms with van der Waals surface area (Å²) in [5.74, 6) is -1.50. The number of hydrogen-bond acceptors (Lipinski definition) is 3. The molecule has 1 rings (SSSR count). The van der Waals surface area contributed by atoms with E-state index in [1.165, 1.54) is 13.2 Å². The molecule has 1 amide bonds. The van der Waals surface area contributed by atoms with Crippen molar-refractivity contribution in [3.05, 3.63) is 29.6 Å². The summed E-state index contributed by atoms with van der Waals surface area (Å²) in [6, 6.07) is 3.52. The van der Waals surface area contributed by atoms with Crippen LogP contribution in [-0.4, -0.2) is 19.0 Å². The SMILES string of the molecule is CCC(=O)Nc1ccc(F)cc1C(=O)OC. The molecule has 1 aromatic rings. The molecule has 1 N–H and O–H groups in total. The standard InChI is InChI=1S/C11H12FNO3/c1-3-10(14)13-9-5-4-7(12)6-8(9)11(15)16-2/h4-6H,3H2,1-2H3,(H,13,14). The Morgan fingerprint density at radius 3 is 2.69 bits per heavy atom. The third kappa shape index (κ3) is 2.79. The first-order chi connectivity index (χ1) is 7.58. The number of hydrogen-bond donors (Lipinski definition) is 1. The number of amides is 1. The Kier molecular flexibility index (Phi) is 3.99. The molecule has 0 saturated heterocycles. The average Bonchev–Trinajstić information content (AvgIpc) is 2.30. The lowest BCUT2D eigenvalue weighted by atomic mass is 10.1. The molecule has 0 aliphatic rings. The van der Waals surface area contributed by atoms with Crippen LogP contribution in [0.3, 0.4) is 0 Å². The van der Waals surface area contributed by atoms with Crippen molar-refractivity contribution < 1.29 is 18.7 Å². The normalized spacial score (nSPS) is 9.69. The minimum atomic E-state index is -0.689. The lowest BCUT2D eigenvalue weighted by Crippen LogP contribution is -2.14. The summed E-state index contributed by atoms with van der Waals surface area (Å²) >= 11 is 0. The Balaban J connectivity index is 3.07. The van der Waals surface area contributed by atoms with Gasteiger partial charge < -0.3 is 10.1 Å². The van der Waals surface area contributed by atoms with Crippen LogP contribution in [0.15, 0.2) is 18.2 Å². The summed E-state index contributed by atoms with van der Waals surface area (Å²) in [5, 5.41) is 2.50. The molecule has 5 heteroatoms. The van der Waals surface area contributed by atoms with Crippen LogP contribution in [0.5, 0.6) is 0 Å². The number of methoxy groups -OCH3 is 1. The second-order valence-electron chi connectivity index (χ2n) is 3.08. The number of rotatable bonds is 3. The van der Waals surface area contributed by atoms with Crippen molar-refractivity contribution in [1.82, 2.24) is 0 Å². The molecule has 0 aliphatic heterocycles. The van der Waals surface area contributed by atoms with Gasteiger partial charge in [-0.05, 0) is 18.2 Å². The molecule has 0 radical (unpaired) electrons. The number of benzene rings is 1. The molecule has 0 atom stereocenters. The second-order valence-corrected chi connectivity index (χ2v) is 3.08. The van der Waals surface area contributed by atoms with E-state index in [2.05, 4.69) is 10.1 Å². The number of carbonyl (C=O) groups is 2. The van der Waals surface area contributed by atoms with Gasteiger partial charge in [0, 0.05) is 6.42 Å². The summed E-state index contributed by atoms with van der Waals surface area (Å²) in [7, 11) is 1.19. The molecule has 0 aliphatic carbocycles. The maximum absolute atomic E-state index is 12.9. The van der Waals surface area contributed by atoms with Gasteiger partial charge in [-0.2, -0.15) is 0 Å². The highest BCUT2D eigenvalue weighted by molar-refractivity contribution is 6.01. The third-order valence-electron chi connectivity index (χ3n) is 1.98. The van der Waals surface area contributed by atoms with Gasteiger partial charge in [-0.25, -0.2) is 9.18 Å². The molecule has 4 nitrogen and oxygen atoms in total. The highest BCUT2D eigenvalue weighted by atomic mass is 19.1. The van der Waals surface area contributed by atoms with Gasteiger partial charge in [0.05, 0.1) is 18.4 Å². The zero-order valence-corrected chi connectivity index (χ0v) is 9.04. The van der Waals surface area contributed by atoms with Crippen LogP contribution in [0.4, 0.5) is 10.1 Å². The lowest BCUT2D eigenvalue weighted by molar-refractivity contribution is -0.115. The van der Waals surface area contributed by atoms with Gasteiger partial charge in [-0.1, -0.05) is 6.92 Å². The molecule has 0 bridgehead atoms. The molecule has 0 heterocycles. The van der Waals surface area contributed by atoms with Gasteiger partial charge in [-0.3, -0.25) is 4.79 Å². The van der Waals surface area contributed by atoms with E-state index in [1.807, 2.05) is 0 Å². The van der Waals surface area contributed by atoms with Gasteiger partial charge in [0.15, 0.2) is 0 Å². The molecule has 86 valence electrons. The zero-order chi connectivity index (χ0) is 12.1. The number of halogens is 1. The van der Waals surface area contributed by atoms with Crippen molar-refractivity contribution in [2.24, 2.45) is 0 Å². The quantitative estimate of drug-likeness (QED) is 0.800. The van der Waals surface area contributed by atoms with E-state index in [1.54, 1.807) is 6.92 Å². The van der Waals surface area contributed by atoms with E-state index in [9.17, 15) is 14.0 Å². The first-order valence-corrected chi connectivity index (χ1v) is 4.76. The fourth-order valence-corrected chi connectivity index (χ4v) is 1.14. The average molecular weight is 225 g/mol. The summed E-state index contributed by atoms with van der Waals surface area (Å²) in [4.78, 5) is 22.5. The van der Waals surface area contributed by atoms with Crippen LogP contribution in [0.2, 0.25) is 0 Å². The number of esters is 1. The van der Waals surface area contributed by atoms with Crippen molar-refractivity contribution in [1.29, 1.82) is 0 Å². The Bertz CT molecular complexity index is 418. The summed E-state index contributed by atoms with van der Waals surface area (Å²) < 4.78 is 17.4. The number of ether oxygens (including phenoxy) is 1. The van der Waals surface area contributed by atoms with Crippen LogP contribution in [0.25, 0.3) is 0 Å².